The van der Waals surface area contributed by atoms with Gasteiger partial charge < -0.3 is 15.8 Å². The van der Waals surface area contributed by atoms with Crippen molar-refractivity contribution in [1.82, 2.24) is 24.7 Å². The van der Waals surface area contributed by atoms with Crippen LogP contribution in [0.15, 0.2) is 42.9 Å². The van der Waals surface area contributed by atoms with Gasteiger partial charge in [0.1, 0.15) is 11.6 Å². The Labute approximate surface area is 172 Å². The maximum atomic E-state index is 9.27. The summed E-state index contributed by atoms with van der Waals surface area (Å²) >= 11 is 0. The van der Waals surface area contributed by atoms with Crippen LogP contribution in [0.3, 0.4) is 0 Å². The molecule has 0 saturated heterocycles. The lowest BCUT2D eigenvalue weighted by atomic mass is 10.1. The third kappa shape index (κ3) is 3.09. The van der Waals surface area contributed by atoms with Gasteiger partial charge in [0.2, 0.25) is 0 Å². The number of hydrogen-bond acceptors (Lipinski definition) is 8. The Hall–Kier alpha value is -4.03. The van der Waals surface area contributed by atoms with Gasteiger partial charge in [-0.1, -0.05) is 0 Å². The highest BCUT2D eigenvalue weighted by molar-refractivity contribution is 5.94. The van der Waals surface area contributed by atoms with Crippen molar-refractivity contribution in [2.75, 3.05) is 17.7 Å². The fourth-order valence-corrected chi connectivity index (χ4v) is 3.55. The summed E-state index contributed by atoms with van der Waals surface area (Å²) in [6, 6.07) is 9.45. The summed E-state index contributed by atoms with van der Waals surface area (Å²) in [5.41, 5.74) is 9.80. The Morgan fingerprint density at radius 1 is 1.27 bits per heavy atom. The van der Waals surface area contributed by atoms with Gasteiger partial charge in [0.05, 0.1) is 30.7 Å². The first-order valence-electron chi connectivity index (χ1n) is 9.42. The number of nitrogen functional groups attached to an aromatic ring is 1. The van der Waals surface area contributed by atoms with E-state index in [0.29, 0.717) is 30.7 Å². The minimum Gasteiger partial charge on any atom is -0.383 e. The predicted octanol–water partition coefficient (Wildman–Crippen LogP) is 3.12. The van der Waals surface area contributed by atoms with Gasteiger partial charge in [0, 0.05) is 35.6 Å². The summed E-state index contributed by atoms with van der Waals surface area (Å²) in [5, 5.41) is 18.6. The number of pyridine rings is 3. The average Bonchev–Trinajstić information content (AvgIpc) is 3.16. The first-order chi connectivity index (χ1) is 14.6. The second kappa shape index (κ2) is 7.09. The zero-order chi connectivity index (χ0) is 20.7. The summed E-state index contributed by atoms with van der Waals surface area (Å²) in [4.78, 5) is 13.2. The first kappa shape index (κ1) is 18.0. The standard InChI is InChI=1S/C21H18N8O/c1-12-2-3-24-8-16(12)18-4-13-5-19(25-9-17(13)21(23)26-18)27-20-6-14-10-30-11-15(7-22)29(14)28-20/h2-6,8-9,15H,10-11H2,1H3,(H2,23,26)(H,25,27,28)/t15-/m1/s1. The maximum absolute atomic E-state index is 9.27. The van der Waals surface area contributed by atoms with Crippen LogP contribution in [-0.2, 0) is 11.3 Å². The number of aromatic nitrogens is 5. The van der Waals surface area contributed by atoms with Gasteiger partial charge in [-0.2, -0.15) is 10.4 Å². The third-order valence-electron chi connectivity index (χ3n) is 5.10. The molecular formula is C21H18N8O. The van der Waals surface area contributed by atoms with Crippen LogP contribution < -0.4 is 11.1 Å². The summed E-state index contributed by atoms with van der Waals surface area (Å²) < 4.78 is 7.14. The van der Waals surface area contributed by atoms with Crippen LogP contribution >= 0.6 is 0 Å². The quantitative estimate of drug-likeness (QED) is 0.539. The van der Waals surface area contributed by atoms with E-state index in [1.165, 1.54) is 0 Å². The van der Waals surface area contributed by atoms with Gasteiger partial charge in [-0.25, -0.2) is 14.6 Å². The molecule has 1 aliphatic rings. The van der Waals surface area contributed by atoms with Gasteiger partial charge in [-0.15, -0.1) is 0 Å². The number of hydrogen-bond donors (Lipinski definition) is 2. The topological polar surface area (TPSA) is 128 Å². The highest BCUT2D eigenvalue weighted by Gasteiger charge is 2.22. The molecule has 0 radical (unpaired) electrons. The molecule has 1 aliphatic heterocycles. The number of nitrogens with two attached hydrogens (primary N) is 1. The zero-order valence-electron chi connectivity index (χ0n) is 16.2. The number of rotatable bonds is 3. The average molecular weight is 398 g/mol. The van der Waals surface area contributed by atoms with E-state index in [2.05, 4.69) is 31.4 Å². The van der Waals surface area contributed by atoms with Gasteiger partial charge in [-0.05, 0) is 36.1 Å². The monoisotopic (exact) mass is 398 g/mol. The normalized spacial score (nSPS) is 15.5. The SMILES string of the molecule is Cc1ccncc1-c1cc2cc(Nc3cc4n(n3)[C@H](C#N)COC4)ncc2c(N)n1. The van der Waals surface area contributed by atoms with Gasteiger partial charge >= 0.3 is 0 Å². The molecular weight excluding hydrogens is 380 g/mol. The van der Waals surface area contributed by atoms with Crippen molar-refractivity contribution in [2.45, 2.75) is 19.6 Å². The van der Waals surface area contributed by atoms with Crippen LogP contribution in [0.1, 0.15) is 17.3 Å². The van der Waals surface area contributed by atoms with Crippen molar-refractivity contribution >= 4 is 28.2 Å². The molecule has 0 fully saturated rings. The number of aryl methyl sites for hydroxylation is 1. The fraction of sp³-hybridized carbons (Fsp3) is 0.190. The van der Waals surface area contributed by atoms with E-state index in [9.17, 15) is 5.26 Å². The smallest absolute Gasteiger partial charge is 0.162 e. The largest absolute Gasteiger partial charge is 0.383 e. The molecule has 9 heteroatoms. The highest BCUT2D eigenvalue weighted by atomic mass is 16.5. The molecule has 9 nitrogen and oxygen atoms in total. The molecule has 4 aromatic heterocycles. The molecule has 148 valence electrons. The van der Waals surface area contributed by atoms with Crippen LogP contribution in [0.25, 0.3) is 22.0 Å². The molecule has 1 atom stereocenters. The number of nitriles is 1. The van der Waals surface area contributed by atoms with E-state index in [1.54, 1.807) is 23.3 Å². The van der Waals surface area contributed by atoms with Crippen molar-refractivity contribution in [2.24, 2.45) is 0 Å². The molecule has 30 heavy (non-hydrogen) atoms. The minimum atomic E-state index is -0.426. The van der Waals surface area contributed by atoms with Crippen LogP contribution in [-0.4, -0.2) is 31.3 Å². The molecule has 5 heterocycles. The Bertz CT molecular complexity index is 1310. The summed E-state index contributed by atoms with van der Waals surface area (Å²) in [6.07, 6.45) is 5.23. The highest BCUT2D eigenvalue weighted by Crippen LogP contribution is 2.29. The second-order valence-corrected chi connectivity index (χ2v) is 7.12. The Morgan fingerprint density at radius 3 is 3.00 bits per heavy atom. The molecule has 0 amide bonds. The van der Waals surface area contributed by atoms with E-state index in [4.69, 9.17) is 10.5 Å². The first-order valence-corrected chi connectivity index (χ1v) is 9.42. The van der Waals surface area contributed by atoms with E-state index >= 15 is 0 Å². The van der Waals surface area contributed by atoms with Gasteiger partial charge in [-0.3, -0.25) is 4.98 Å². The lowest BCUT2D eigenvalue weighted by Gasteiger charge is -2.18. The van der Waals surface area contributed by atoms with E-state index in [-0.39, 0.29) is 0 Å². The fourth-order valence-electron chi connectivity index (χ4n) is 3.55. The van der Waals surface area contributed by atoms with Gasteiger partial charge in [0.15, 0.2) is 11.9 Å². The molecule has 3 N–H and O–H groups in total. The maximum Gasteiger partial charge on any atom is 0.162 e. The summed E-state index contributed by atoms with van der Waals surface area (Å²) in [7, 11) is 0. The number of fused-ring (bicyclic) bond motifs is 2. The summed E-state index contributed by atoms with van der Waals surface area (Å²) in [6.45, 7) is 2.77. The van der Waals surface area contributed by atoms with E-state index in [0.717, 1.165) is 33.3 Å². The van der Waals surface area contributed by atoms with Crippen molar-refractivity contribution < 1.29 is 4.74 Å². The van der Waals surface area contributed by atoms with E-state index in [1.807, 2.05) is 31.2 Å². The van der Waals surface area contributed by atoms with Crippen molar-refractivity contribution in [3.63, 3.8) is 0 Å². The molecule has 0 unspecified atom stereocenters. The van der Waals surface area contributed by atoms with E-state index < -0.39 is 6.04 Å². The van der Waals surface area contributed by atoms with Crippen LogP contribution in [0.2, 0.25) is 0 Å². The minimum absolute atomic E-state index is 0.335. The Morgan fingerprint density at radius 2 is 2.17 bits per heavy atom. The second-order valence-electron chi connectivity index (χ2n) is 7.12. The number of anilines is 3. The molecule has 0 aliphatic carbocycles. The molecule has 4 aromatic rings. The lowest BCUT2D eigenvalue weighted by molar-refractivity contribution is 0.0681. The van der Waals surface area contributed by atoms with Gasteiger partial charge in [0.25, 0.3) is 0 Å². The van der Waals surface area contributed by atoms with Crippen LogP contribution in [0, 0.1) is 18.3 Å². The summed E-state index contributed by atoms with van der Waals surface area (Å²) in [5.74, 6) is 1.64. The lowest BCUT2D eigenvalue weighted by Crippen LogP contribution is -2.23. The predicted molar refractivity (Wildman–Crippen MR) is 112 cm³/mol. The number of ether oxygens (including phenoxy) is 1. The Balaban J connectivity index is 1.51. The van der Waals surface area contributed by atoms with Crippen LogP contribution in [0.5, 0.6) is 0 Å². The molecule has 0 spiro atoms. The molecule has 5 rings (SSSR count). The third-order valence-corrected chi connectivity index (χ3v) is 5.10. The van der Waals surface area contributed by atoms with Crippen molar-refractivity contribution in [3.05, 3.63) is 54.1 Å². The van der Waals surface area contributed by atoms with Crippen LogP contribution in [0.4, 0.5) is 17.5 Å². The zero-order valence-corrected chi connectivity index (χ0v) is 16.2. The van der Waals surface area contributed by atoms with Crippen molar-refractivity contribution in [3.8, 4) is 17.3 Å². The number of nitrogens with one attached hydrogen (secondary N) is 1. The Kier molecular flexibility index (Phi) is 4.26. The molecule has 0 aromatic carbocycles. The number of nitrogens with zero attached hydrogens (tertiary/aromatic N) is 6. The molecule has 0 bridgehead atoms. The molecule has 0 saturated carbocycles. The van der Waals surface area contributed by atoms with Crippen molar-refractivity contribution in [1.29, 1.82) is 5.26 Å².